The van der Waals surface area contributed by atoms with Crippen molar-refractivity contribution in [2.45, 2.75) is 38.8 Å². The fraction of sp³-hybridized carbons (Fsp3) is 0.429. The molecule has 3 rings (SSSR count). The molecule has 1 fully saturated rings. The maximum Gasteiger partial charge on any atom is 0.265 e. The Bertz CT molecular complexity index is 660. The van der Waals surface area contributed by atoms with Gasteiger partial charge in [0.1, 0.15) is 10.7 Å². The molecule has 0 aromatic carbocycles. The molecule has 0 bridgehead atoms. The van der Waals surface area contributed by atoms with Gasteiger partial charge in [-0.1, -0.05) is 11.3 Å². The third-order valence-corrected chi connectivity index (χ3v) is 5.48. The first-order chi connectivity index (χ1) is 10.0. The maximum absolute atomic E-state index is 12.3. The molecule has 1 atom stereocenters. The number of anilines is 2. The Morgan fingerprint density at radius 3 is 2.81 bits per heavy atom. The first-order valence-corrected chi connectivity index (χ1v) is 8.56. The van der Waals surface area contributed by atoms with Crippen LogP contribution < -0.4 is 16.4 Å². The van der Waals surface area contributed by atoms with Crippen LogP contribution in [0.4, 0.5) is 10.9 Å². The number of carbonyl (C=O) groups excluding carboxylic acids is 1. The minimum absolute atomic E-state index is 0.0301. The van der Waals surface area contributed by atoms with Crippen LogP contribution in [0.15, 0.2) is 12.1 Å². The Labute approximate surface area is 131 Å². The molecule has 0 spiro atoms. The van der Waals surface area contributed by atoms with E-state index in [-0.39, 0.29) is 11.9 Å². The third kappa shape index (κ3) is 3.36. The van der Waals surface area contributed by atoms with E-state index in [0.717, 1.165) is 22.9 Å². The van der Waals surface area contributed by atoms with Crippen molar-refractivity contribution < 1.29 is 4.79 Å². The van der Waals surface area contributed by atoms with Crippen molar-refractivity contribution in [3.05, 3.63) is 26.8 Å². The number of nitrogens with one attached hydrogen (secondary N) is 2. The summed E-state index contributed by atoms with van der Waals surface area (Å²) in [6.45, 7) is 4.03. The standard InChI is InChI=1S/C14H18N4OS2/c1-7-3-6-10(20-7)8(2)16-13(19)11-12(15)18-14(21-11)17-9-4-5-9/h3,6,8-9H,4-5,15H2,1-2H3,(H,16,19)(H,17,18). The number of carbonyl (C=O) groups is 1. The van der Waals surface area contributed by atoms with E-state index in [1.165, 1.54) is 16.2 Å². The minimum Gasteiger partial charge on any atom is -0.382 e. The molecular formula is C14H18N4OS2. The number of hydrogen-bond donors (Lipinski definition) is 3. The molecule has 2 heterocycles. The van der Waals surface area contributed by atoms with Crippen molar-refractivity contribution >= 4 is 39.5 Å². The molecule has 7 heteroatoms. The molecular weight excluding hydrogens is 304 g/mol. The number of nitrogens with two attached hydrogens (primary N) is 1. The summed E-state index contributed by atoms with van der Waals surface area (Å²) in [4.78, 5) is 19.4. The fourth-order valence-electron chi connectivity index (χ4n) is 1.98. The number of nitrogens with zero attached hydrogens (tertiary/aromatic N) is 1. The van der Waals surface area contributed by atoms with Gasteiger partial charge in [0, 0.05) is 15.8 Å². The topological polar surface area (TPSA) is 80.0 Å². The highest BCUT2D eigenvalue weighted by Gasteiger charge is 2.24. The van der Waals surface area contributed by atoms with Gasteiger partial charge in [-0.15, -0.1) is 11.3 Å². The van der Waals surface area contributed by atoms with Crippen molar-refractivity contribution in [2.75, 3.05) is 11.1 Å². The Morgan fingerprint density at radius 1 is 1.43 bits per heavy atom. The van der Waals surface area contributed by atoms with Crippen LogP contribution in [0.2, 0.25) is 0 Å². The highest BCUT2D eigenvalue weighted by molar-refractivity contribution is 7.18. The normalized spacial score (nSPS) is 15.7. The van der Waals surface area contributed by atoms with E-state index in [2.05, 4.69) is 28.6 Å². The zero-order valence-corrected chi connectivity index (χ0v) is 13.6. The fourth-order valence-corrected chi connectivity index (χ4v) is 3.72. The summed E-state index contributed by atoms with van der Waals surface area (Å²) in [5.74, 6) is 0.141. The molecule has 4 N–H and O–H groups in total. The van der Waals surface area contributed by atoms with E-state index in [1.807, 2.05) is 13.0 Å². The van der Waals surface area contributed by atoms with Crippen LogP contribution in [0.3, 0.4) is 0 Å². The average molecular weight is 322 g/mol. The van der Waals surface area contributed by atoms with Crippen molar-refractivity contribution in [1.82, 2.24) is 10.3 Å². The summed E-state index contributed by atoms with van der Waals surface area (Å²) < 4.78 is 0. The van der Waals surface area contributed by atoms with Crippen LogP contribution in [0, 0.1) is 6.92 Å². The number of aryl methyl sites for hydroxylation is 1. The Kier molecular flexibility index (Phi) is 3.86. The maximum atomic E-state index is 12.3. The monoisotopic (exact) mass is 322 g/mol. The highest BCUT2D eigenvalue weighted by atomic mass is 32.1. The van der Waals surface area contributed by atoms with E-state index >= 15 is 0 Å². The molecule has 1 aliphatic rings. The van der Waals surface area contributed by atoms with Gasteiger partial charge in [-0.25, -0.2) is 4.98 Å². The molecule has 2 aromatic rings. The Morgan fingerprint density at radius 2 is 2.19 bits per heavy atom. The van der Waals surface area contributed by atoms with Gasteiger partial charge >= 0.3 is 0 Å². The molecule has 2 aromatic heterocycles. The number of aromatic nitrogens is 1. The Hall–Kier alpha value is -1.60. The summed E-state index contributed by atoms with van der Waals surface area (Å²) in [6.07, 6.45) is 2.32. The summed E-state index contributed by atoms with van der Waals surface area (Å²) in [6, 6.07) is 4.57. The van der Waals surface area contributed by atoms with E-state index in [9.17, 15) is 4.79 Å². The van der Waals surface area contributed by atoms with Crippen molar-refractivity contribution in [2.24, 2.45) is 0 Å². The van der Waals surface area contributed by atoms with E-state index in [1.54, 1.807) is 11.3 Å². The molecule has 1 amide bonds. The van der Waals surface area contributed by atoms with Crippen molar-refractivity contribution in [3.63, 3.8) is 0 Å². The number of thiophene rings is 1. The lowest BCUT2D eigenvalue weighted by Crippen LogP contribution is -2.26. The average Bonchev–Trinajstić information content (AvgIpc) is 3.00. The smallest absolute Gasteiger partial charge is 0.265 e. The van der Waals surface area contributed by atoms with E-state index in [0.29, 0.717) is 16.7 Å². The third-order valence-electron chi connectivity index (χ3n) is 3.30. The van der Waals surface area contributed by atoms with Gasteiger partial charge in [0.2, 0.25) is 0 Å². The van der Waals surface area contributed by atoms with Gasteiger partial charge in [-0.05, 0) is 38.8 Å². The van der Waals surface area contributed by atoms with Crippen LogP contribution in [0.5, 0.6) is 0 Å². The van der Waals surface area contributed by atoms with Crippen molar-refractivity contribution in [3.8, 4) is 0 Å². The number of thiazole rings is 1. The van der Waals surface area contributed by atoms with Gasteiger partial charge in [0.25, 0.3) is 5.91 Å². The van der Waals surface area contributed by atoms with Crippen LogP contribution in [0.25, 0.3) is 0 Å². The number of amides is 1. The molecule has 0 aliphatic heterocycles. The summed E-state index contributed by atoms with van der Waals surface area (Å²) in [5.41, 5.74) is 5.86. The largest absolute Gasteiger partial charge is 0.382 e. The zero-order chi connectivity index (χ0) is 15.0. The number of rotatable bonds is 5. The first-order valence-electron chi connectivity index (χ1n) is 6.93. The second kappa shape index (κ2) is 5.65. The summed E-state index contributed by atoms with van der Waals surface area (Å²) >= 11 is 3.01. The molecule has 112 valence electrons. The predicted octanol–water partition coefficient (Wildman–Crippen LogP) is 3.16. The summed E-state index contributed by atoms with van der Waals surface area (Å²) in [7, 11) is 0. The molecule has 1 saturated carbocycles. The lowest BCUT2D eigenvalue weighted by Gasteiger charge is -2.11. The molecule has 0 radical (unpaired) electrons. The molecule has 1 unspecified atom stereocenters. The lowest BCUT2D eigenvalue weighted by atomic mass is 10.2. The molecule has 21 heavy (non-hydrogen) atoms. The highest BCUT2D eigenvalue weighted by Crippen LogP contribution is 2.31. The number of nitrogen functional groups attached to an aromatic ring is 1. The second-order valence-electron chi connectivity index (χ2n) is 5.30. The predicted molar refractivity (Wildman–Crippen MR) is 88.1 cm³/mol. The van der Waals surface area contributed by atoms with E-state index in [4.69, 9.17) is 5.73 Å². The number of hydrogen-bond acceptors (Lipinski definition) is 6. The van der Waals surface area contributed by atoms with E-state index < -0.39 is 0 Å². The van der Waals surface area contributed by atoms with Gasteiger partial charge in [0.15, 0.2) is 5.13 Å². The van der Waals surface area contributed by atoms with Crippen LogP contribution in [0.1, 0.15) is 45.2 Å². The van der Waals surface area contributed by atoms with Crippen molar-refractivity contribution in [1.29, 1.82) is 0 Å². The molecule has 5 nitrogen and oxygen atoms in total. The van der Waals surface area contributed by atoms with Gasteiger partial charge in [-0.3, -0.25) is 4.79 Å². The van der Waals surface area contributed by atoms with Crippen LogP contribution >= 0.6 is 22.7 Å². The first kappa shape index (κ1) is 14.3. The SMILES string of the molecule is Cc1ccc(C(C)NC(=O)c2sc(NC3CC3)nc2N)s1. The quantitative estimate of drug-likeness (QED) is 0.790. The van der Waals surface area contributed by atoms with Gasteiger partial charge in [0.05, 0.1) is 6.04 Å². The Balaban J connectivity index is 1.68. The molecule has 1 aliphatic carbocycles. The van der Waals surface area contributed by atoms with Gasteiger partial charge in [-0.2, -0.15) is 0 Å². The van der Waals surface area contributed by atoms with Crippen LogP contribution in [-0.4, -0.2) is 16.9 Å². The second-order valence-corrected chi connectivity index (χ2v) is 7.61. The summed E-state index contributed by atoms with van der Waals surface area (Å²) in [5, 5.41) is 6.99. The van der Waals surface area contributed by atoms with Crippen LogP contribution in [-0.2, 0) is 0 Å². The molecule has 0 saturated heterocycles. The lowest BCUT2D eigenvalue weighted by molar-refractivity contribution is 0.0945. The van der Waals surface area contributed by atoms with Gasteiger partial charge < -0.3 is 16.4 Å². The minimum atomic E-state index is -0.160. The zero-order valence-electron chi connectivity index (χ0n) is 12.0.